The van der Waals surface area contributed by atoms with Crippen molar-refractivity contribution < 1.29 is 13.9 Å². The maximum Gasteiger partial charge on any atom is 0.139 e. The first kappa shape index (κ1) is 10.4. The van der Waals surface area contributed by atoms with Crippen LogP contribution in [0, 0.1) is 0 Å². The molecule has 1 aromatic heterocycles. The normalized spacial score (nSPS) is 21.5. The maximum absolute atomic E-state index is 11.7. The van der Waals surface area contributed by atoms with Gasteiger partial charge >= 0.3 is 0 Å². The second-order valence-corrected chi connectivity index (χ2v) is 4.04. The molecule has 3 nitrogen and oxygen atoms in total. The summed E-state index contributed by atoms with van der Waals surface area (Å²) in [5.74, 6) is 0.239. The molecule has 0 aliphatic carbocycles. The van der Waals surface area contributed by atoms with Gasteiger partial charge in [-0.05, 0) is 30.9 Å². The Hall–Kier alpha value is -1.09. The second-order valence-electron chi connectivity index (χ2n) is 4.04. The molecule has 2 heterocycles. The van der Waals surface area contributed by atoms with Crippen LogP contribution < -0.4 is 0 Å². The number of hydrogen-bond donors (Lipinski definition) is 0. The zero-order valence-corrected chi connectivity index (χ0v) is 8.78. The maximum atomic E-state index is 11.7. The molecule has 0 bridgehead atoms. The van der Waals surface area contributed by atoms with Gasteiger partial charge in [0.1, 0.15) is 5.78 Å². The van der Waals surface area contributed by atoms with E-state index in [9.17, 15) is 4.79 Å². The van der Waals surface area contributed by atoms with Crippen LogP contribution in [-0.4, -0.2) is 18.5 Å². The molecule has 0 N–H and O–H groups in total. The highest BCUT2D eigenvalue weighted by molar-refractivity contribution is 5.81. The van der Waals surface area contributed by atoms with E-state index in [4.69, 9.17) is 9.15 Å². The van der Waals surface area contributed by atoms with Gasteiger partial charge in [-0.1, -0.05) is 0 Å². The highest BCUT2D eigenvalue weighted by Gasteiger charge is 2.17. The molecule has 2 rings (SSSR count). The van der Waals surface area contributed by atoms with Crippen LogP contribution in [0.25, 0.3) is 0 Å². The van der Waals surface area contributed by atoms with Crippen molar-refractivity contribution in [2.24, 2.45) is 0 Å². The lowest BCUT2D eigenvalue weighted by molar-refractivity contribution is -0.122. The fourth-order valence-corrected chi connectivity index (χ4v) is 1.92. The van der Waals surface area contributed by atoms with Crippen molar-refractivity contribution in [1.82, 2.24) is 0 Å². The molecule has 1 saturated heterocycles. The third kappa shape index (κ3) is 3.20. The second kappa shape index (κ2) is 5.12. The van der Waals surface area contributed by atoms with Crippen LogP contribution >= 0.6 is 0 Å². The Morgan fingerprint density at radius 3 is 3.07 bits per heavy atom. The molecule has 82 valence electrons. The summed E-state index contributed by atoms with van der Waals surface area (Å²) in [6, 6.07) is 1.83. The van der Waals surface area contributed by atoms with E-state index >= 15 is 0 Å². The summed E-state index contributed by atoms with van der Waals surface area (Å²) < 4.78 is 10.4. The van der Waals surface area contributed by atoms with Crippen LogP contribution in [0.1, 0.15) is 31.2 Å². The SMILES string of the molecule is O=C(Cc1ccoc1)CC1CCCCO1. The first-order valence-electron chi connectivity index (χ1n) is 5.49. The van der Waals surface area contributed by atoms with Gasteiger partial charge in [0.2, 0.25) is 0 Å². The number of carbonyl (C=O) groups is 1. The van der Waals surface area contributed by atoms with Crippen LogP contribution in [0.4, 0.5) is 0 Å². The lowest BCUT2D eigenvalue weighted by atomic mass is 10.0. The molecule has 1 aromatic rings. The van der Waals surface area contributed by atoms with Gasteiger partial charge in [-0.15, -0.1) is 0 Å². The van der Waals surface area contributed by atoms with Crippen LogP contribution in [0.5, 0.6) is 0 Å². The van der Waals surface area contributed by atoms with E-state index < -0.39 is 0 Å². The number of hydrogen-bond acceptors (Lipinski definition) is 3. The third-order valence-electron chi connectivity index (χ3n) is 2.71. The van der Waals surface area contributed by atoms with Crippen molar-refractivity contribution in [1.29, 1.82) is 0 Å². The summed E-state index contributed by atoms with van der Waals surface area (Å²) in [7, 11) is 0. The number of rotatable bonds is 4. The number of carbonyl (C=O) groups excluding carboxylic acids is 1. The largest absolute Gasteiger partial charge is 0.472 e. The fourth-order valence-electron chi connectivity index (χ4n) is 1.92. The number of Topliss-reactive ketones (excluding diaryl/α,β-unsaturated/α-hetero) is 1. The Morgan fingerprint density at radius 1 is 1.47 bits per heavy atom. The lowest BCUT2D eigenvalue weighted by Crippen LogP contribution is -2.23. The fraction of sp³-hybridized carbons (Fsp3) is 0.583. The molecule has 0 spiro atoms. The van der Waals surface area contributed by atoms with E-state index in [1.54, 1.807) is 12.5 Å². The smallest absolute Gasteiger partial charge is 0.139 e. The number of ether oxygens (including phenoxy) is 1. The molecular formula is C12H16O3. The van der Waals surface area contributed by atoms with Crippen molar-refractivity contribution >= 4 is 5.78 Å². The predicted octanol–water partition coefficient (Wildman–Crippen LogP) is 2.35. The minimum absolute atomic E-state index is 0.151. The summed E-state index contributed by atoms with van der Waals surface area (Å²) in [6.45, 7) is 0.809. The Labute approximate surface area is 89.4 Å². The summed E-state index contributed by atoms with van der Waals surface area (Å²) in [4.78, 5) is 11.7. The Balaban J connectivity index is 1.76. The minimum Gasteiger partial charge on any atom is -0.472 e. The quantitative estimate of drug-likeness (QED) is 0.762. The third-order valence-corrected chi connectivity index (χ3v) is 2.71. The van der Waals surface area contributed by atoms with Crippen molar-refractivity contribution in [2.45, 2.75) is 38.2 Å². The first-order valence-corrected chi connectivity index (χ1v) is 5.49. The molecule has 1 fully saturated rings. The molecule has 1 atom stereocenters. The minimum atomic E-state index is 0.151. The van der Waals surface area contributed by atoms with E-state index in [2.05, 4.69) is 0 Å². The van der Waals surface area contributed by atoms with E-state index in [0.717, 1.165) is 25.0 Å². The summed E-state index contributed by atoms with van der Waals surface area (Å²) in [5.41, 5.74) is 0.954. The van der Waals surface area contributed by atoms with Gasteiger partial charge in [0.15, 0.2) is 0 Å². The van der Waals surface area contributed by atoms with E-state index in [1.165, 1.54) is 6.42 Å². The molecule has 1 aliphatic rings. The molecule has 1 aliphatic heterocycles. The Kier molecular flexibility index (Phi) is 3.56. The average Bonchev–Trinajstić information content (AvgIpc) is 2.71. The molecule has 0 radical (unpaired) electrons. The van der Waals surface area contributed by atoms with E-state index in [1.807, 2.05) is 6.07 Å². The Bertz CT molecular complexity index is 297. The summed E-state index contributed by atoms with van der Waals surface area (Å²) in [6.07, 6.45) is 7.73. The van der Waals surface area contributed by atoms with Gasteiger partial charge in [-0.3, -0.25) is 4.79 Å². The molecule has 15 heavy (non-hydrogen) atoms. The highest BCUT2D eigenvalue weighted by atomic mass is 16.5. The molecular weight excluding hydrogens is 192 g/mol. The topological polar surface area (TPSA) is 39.4 Å². The van der Waals surface area contributed by atoms with Crippen LogP contribution in [-0.2, 0) is 16.0 Å². The van der Waals surface area contributed by atoms with Gasteiger partial charge in [-0.2, -0.15) is 0 Å². The van der Waals surface area contributed by atoms with Gasteiger partial charge in [0, 0.05) is 19.4 Å². The number of furan rings is 1. The van der Waals surface area contributed by atoms with Gasteiger partial charge in [0.25, 0.3) is 0 Å². The van der Waals surface area contributed by atoms with Crippen LogP contribution in [0.2, 0.25) is 0 Å². The predicted molar refractivity (Wildman–Crippen MR) is 55.6 cm³/mol. The van der Waals surface area contributed by atoms with Gasteiger partial charge in [0.05, 0.1) is 18.6 Å². The molecule has 3 heteroatoms. The molecule has 0 aromatic carbocycles. The zero-order chi connectivity index (χ0) is 10.5. The average molecular weight is 208 g/mol. The van der Waals surface area contributed by atoms with E-state index in [-0.39, 0.29) is 11.9 Å². The van der Waals surface area contributed by atoms with Gasteiger partial charge < -0.3 is 9.15 Å². The van der Waals surface area contributed by atoms with Crippen molar-refractivity contribution in [3.8, 4) is 0 Å². The summed E-state index contributed by atoms with van der Waals surface area (Å²) in [5, 5.41) is 0. The van der Waals surface area contributed by atoms with Crippen molar-refractivity contribution in [2.75, 3.05) is 6.61 Å². The monoisotopic (exact) mass is 208 g/mol. The first-order chi connectivity index (χ1) is 7.34. The molecule has 0 saturated carbocycles. The van der Waals surface area contributed by atoms with Crippen LogP contribution in [0.15, 0.2) is 23.0 Å². The van der Waals surface area contributed by atoms with E-state index in [0.29, 0.717) is 12.8 Å². The lowest BCUT2D eigenvalue weighted by Gasteiger charge is -2.21. The highest BCUT2D eigenvalue weighted by Crippen LogP contribution is 2.16. The standard InChI is InChI=1S/C12H16O3/c13-11(7-10-4-6-14-9-10)8-12-3-1-2-5-15-12/h4,6,9,12H,1-3,5,7-8H2. The summed E-state index contributed by atoms with van der Waals surface area (Å²) >= 11 is 0. The molecule has 1 unspecified atom stereocenters. The van der Waals surface area contributed by atoms with Crippen molar-refractivity contribution in [3.05, 3.63) is 24.2 Å². The number of ketones is 1. The molecule has 0 amide bonds. The Morgan fingerprint density at radius 2 is 2.40 bits per heavy atom. The van der Waals surface area contributed by atoms with Gasteiger partial charge in [-0.25, -0.2) is 0 Å². The zero-order valence-electron chi connectivity index (χ0n) is 8.78. The van der Waals surface area contributed by atoms with Crippen molar-refractivity contribution in [3.63, 3.8) is 0 Å². The van der Waals surface area contributed by atoms with Crippen LogP contribution in [0.3, 0.4) is 0 Å².